The van der Waals surface area contributed by atoms with Gasteiger partial charge in [0, 0.05) is 9.53 Å². The zero-order valence-electron chi connectivity index (χ0n) is 11.3. The second-order valence-electron chi connectivity index (χ2n) is 5.83. The van der Waals surface area contributed by atoms with Crippen LogP contribution in [0.25, 0.3) is 0 Å². The summed E-state index contributed by atoms with van der Waals surface area (Å²) in [5.74, 6) is 2.45. The molecule has 0 aromatic heterocycles. The fourth-order valence-electron chi connectivity index (χ4n) is 4.60. The highest BCUT2D eigenvalue weighted by Crippen LogP contribution is 2.60. The lowest BCUT2D eigenvalue weighted by molar-refractivity contribution is -0.451. The van der Waals surface area contributed by atoms with E-state index in [4.69, 9.17) is 4.11 Å². The maximum absolute atomic E-state index is 7.64. The first-order valence-corrected chi connectivity index (χ1v) is 5.72. The Balaban J connectivity index is 1.88. The number of quaternary nitrogens is 1. The highest BCUT2D eigenvalue weighted by Gasteiger charge is 2.53. The number of rotatable bonds is 1. The van der Waals surface area contributed by atoms with E-state index in [9.17, 15) is 0 Å². The van der Waals surface area contributed by atoms with Crippen molar-refractivity contribution < 1.29 is 9.85 Å². The van der Waals surface area contributed by atoms with Crippen LogP contribution in [-0.4, -0.2) is 6.04 Å². The van der Waals surface area contributed by atoms with Crippen molar-refractivity contribution in [2.24, 2.45) is 23.2 Å². The van der Waals surface area contributed by atoms with Crippen LogP contribution in [0.15, 0.2) is 0 Å². The normalized spacial score (nSPS) is 59.8. The summed E-state index contributed by atoms with van der Waals surface area (Å²) in [7, 11) is 0. The molecule has 0 unspecified atom stereocenters. The molecule has 4 aliphatic carbocycles. The molecule has 3 N–H and O–H groups in total. The maximum atomic E-state index is 7.64. The first kappa shape index (κ1) is 5.75. The number of hydrogen-bond acceptors (Lipinski definition) is 0. The van der Waals surface area contributed by atoms with E-state index in [0.29, 0.717) is 0 Å². The molecule has 0 radical (unpaired) electrons. The van der Waals surface area contributed by atoms with Crippen LogP contribution in [0.5, 0.6) is 0 Å². The van der Waals surface area contributed by atoms with Gasteiger partial charge in [0.15, 0.2) is 0 Å². The van der Waals surface area contributed by atoms with Gasteiger partial charge in [-0.3, -0.25) is 0 Å². The molecular formula is C12H22N+. The smallest absolute Gasteiger partial charge is 0.0872 e. The molecule has 74 valence electrons. The van der Waals surface area contributed by atoms with Crippen molar-refractivity contribution in [3.8, 4) is 0 Å². The van der Waals surface area contributed by atoms with Gasteiger partial charge < -0.3 is 5.73 Å². The van der Waals surface area contributed by atoms with Crippen LogP contribution < -0.4 is 5.73 Å². The molecule has 1 atom stereocenters. The van der Waals surface area contributed by atoms with Crippen LogP contribution in [0.1, 0.15) is 49.5 Å². The molecule has 4 aliphatic rings. The summed E-state index contributed by atoms with van der Waals surface area (Å²) in [6.07, 6.45) is 7.54. The third kappa shape index (κ3) is 1.09. The van der Waals surface area contributed by atoms with Gasteiger partial charge in [0.1, 0.15) is 0 Å². The first-order chi connectivity index (χ1) is 7.39. The highest BCUT2D eigenvalue weighted by atomic mass is 14.7. The van der Waals surface area contributed by atoms with Gasteiger partial charge in [-0.25, -0.2) is 0 Å². The largest absolute Gasteiger partial charge is 0.355 e. The molecule has 0 aliphatic heterocycles. The molecule has 1 heteroatoms. The maximum Gasteiger partial charge on any atom is 0.0872 e. The van der Waals surface area contributed by atoms with E-state index in [1.54, 1.807) is 0 Å². The molecule has 0 aromatic rings. The Morgan fingerprint density at radius 2 is 1.62 bits per heavy atom. The number of hydrogen-bond donors (Lipinski definition) is 1. The van der Waals surface area contributed by atoms with E-state index in [2.05, 4.69) is 5.73 Å². The van der Waals surface area contributed by atoms with Crippen LogP contribution in [0, 0.1) is 23.2 Å². The molecule has 0 saturated heterocycles. The van der Waals surface area contributed by atoms with Crippen LogP contribution in [0.4, 0.5) is 0 Å². The molecule has 1 nitrogen and oxygen atoms in total. The van der Waals surface area contributed by atoms with Crippen molar-refractivity contribution >= 4 is 0 Å². The van der Waals surface area contributed by atoms with Gasteiger partial charge in [0.05, 0.1) is 6.04 Å². The SMILES string of the molecule is [2H]C([2H])([2H])[C@@H]([NH3+])C12CC3CC(CC(C3)C1)C2. The van der Waals surface area contributed by atoms with E-state index < -0.39 is 6.85 Å². The predicted molar refractivity (Wildman–Crippen MR) is 53.0 cm³/mol. The average molecular weight is 183 g/mol. The molecule has 0 aromatic carbocycles. The van der Waals surface area contributed by atoms with E-state index in [1.165, 1.54) is 19.3 Å². The van der Waals surface area contributed by atoms with E-state index in [1.807, 2.05) is 0 Å². The second kappa shape index (κ2) is 2.50. The van der Waals surface area contributed by atoms with Crippen molar-refractivity contribution in [1.29, 1.82) is 0 Å². The van der Waals surface area contributed by atoms with E-state index in [-0.39, 0.29) is 11.5 Å². The lowest BCUT2D eigenvalue weighted by atomic mass is 9.48. The molecule has 0 spiro atoms. The molecule has 0 amide bonds. The van der Waals surface area contributed by atoms with Gasteiger partial charge >= 0.3 is 0 Å². The molecular weight excluding hydrogens is 158 g/mol. The Bertz CT molecular complexity index is 262. The fourth-order valence-corrected chi connectivity index (χ4v) is 4.60. The summed E-state index contributed by atoms with van der Waals surface area (Å²) in [4.78, 5) is 0. The van der Waals surface area contributed by atoms with Crippen molar-refractivity contribution in [2.45, 2.75) is 51.4 Å². The molecule has 4 rings (SSSR count). The molecule has 4 fully saturated rings. The molecule has 4 bridgehead atoms. The lowest BCUT2D eigenvalue weighted by Gasteiger charge is -2.57. The highest BCUT2D eigenvalue weighted by molar-refractivity contribution is 5.02. The van der Waals surface area contributed by atoms with Gasteiger partial charge in [0.2, 0.25) is 0 Å². The Kier molecular flexibility index (Phi) is 1.11. The Morgan fingerprint density at radius 1 is 1.15 bits per heavy atom. The standard InChI is InChI=1S/C12H21N/c1-8(13)12-5-9-2-10(6-12)4-11(3-9)7-12/h8-11H,2-7,13H2,1H3/p+1/t8-,9?,10?,11?,12?/m1/s1/i1D3. The summed E-state index contributed by atoms with van der Waals surface area (Å²) >= 11 is 0. The average Bonchev–Trinajstić information content (AvgIpc) is 2.12. The lowest BCUT2D eigenvalue weighted by Crippen LogP contribution is -2.70. The van der Waals surface area contributed by atoms with E-state index in [0.717, 1.165) is 37.0 Å². The van der Waals surface area contributed by atoms with E-state index >= 15 is 0 Å². The minimum Gasteiger partial charge on any atom is -0.355 e. The minimum atomic E-state index is -1.86. The monoisotopic (exact) mass is 183 g/mol. The molecule has 0 heterocycles. The molecule has 13 heavy (non-hydrogen) atoms. The Morgan fingerprint density at radius 3 is 2.00 bits per heavy atom. The van der Waals surface area contributed by atoms with Gasteiger partial charge in [0.25, 0.3) is 0 Å². The Hall–Kier alpha value is -0.0400. The van der Waals surface area contributed by atoms with Crippen LogP contribution in [0.2, 0.25) is 0 Å². The first-order valence-electron chi connectivity index (χ1n) is 7.22. The summed E-state index contributed by atoms with van der Waals surface area (Å²) in [6.45, 7) is -1.86. The van der Waals surface area contributed by atoms with Crippen molar-refractivity contribution in [1.82, 2.24) is 0 Å². The fraction of sp³-hybridized carbons (Fsp3) is 1.00. The predicted octanol–water partition coefficient (Wildman–Crippen LogP) is 1.83. The van der Waals surface area contributed by atoms with Gasteiger partial charge in [-0.2, -0.15) is 0 Å². The summed E-state index contributed by atoms with van der Waals surface area (Å²) in [5.41, 5.74) is 4.11. The van der Waals surface area contributed by atoms with Crippen LogP contribution >= 0.6 is 0 Å². The van der Waals surface area contributed by atoms with Crippen LogP contribution in [-0.2, 0) is 0 Å². The van der Waals surface area contributed by atoms with Gasteiger partial charge in [-0.05, 0) is 63.1 Å². The van der Waals surface area contributed by atoms with Gasteiger partial charge in [-0.15, -0.1) is 0 Å². The topological polar surface area (TPSA) is 27.6 Å². The summed E-state index contributed by atoms with van der Waals surface area (Å²) in [6, 6.07) is -0.339. The quantitative estimate of drug-likeness (QED) is 0.642. The minimum absolute atomic E-state index is 0.0694. The second-order valence-corrected chi connectivity index (χ2v) is 5.83. The van der Waals surface area contributed by atoms with Crippen molar-refractivity contribution in [3.05, 3.63) is 0 Å². The van der Waals surface area contributed by atoms with Crippen LogP contribution in [0.3, 0.4) is 0 Å². The zero-order valence-corrected chi connectivity index (χ0v) is 8.26. The molecule has 4 saturated carbocycles. The summed E-state index contributed by atoms with van der Waals surface area (Å²) < 4.78 is 22.9. The van der Waals surface area contributed by atoms with Crippen molar-refractivity contribution in [2.75, 3.05) is 0 Å². The van der Waals surface area contributed by atoms with Gasteiger partial charge in [-0.1, -0.05) is 0 Å². The third-order valence-electron chi connectivity index (χ3n) is 4.82. The third-order valence-corrected chi connectivity index (χ3v) is 4.82. The zero-order chi connectivity index (χ0) is 11.6. The van der Waals surface area contributed by atoms with Crippen molar-refractivity contribution in [3.63, 3.8) is 0 Å². The Labute approximate surface area is 85.3 Å². The summed E-state index contributed by atoms with van der Waals surface area (Å²) in [5, 5.41) is 0.